The second-order valence-electron chi connectivity index (χ2n) is 7.41. The Kier molecular flexibility index (Phi) is 8.01. The summed E-state index contributed by atoms with van der Waals surface area (Å²) in [5.41, 5.74) is 0.0197. The first-order chi connectivity index (χ1) is 15.7. The van der Waals surface area contributed by atoms with E-state index in [2.05, 4.69) is 10.6 Å². The van der Waals surface area contributed by atoms with Crippen molar-refractivity contribution in [3.63, 3.8) is 0 Å². The summed E-state index contributed by atoms with van der Waals surface area (Å²) in [6, 6.07) is 11.1. The maximum Gasteiger partial charge on any atom is 0.289 e. The molecule has 1 aliphatic heterocycles. The van der Waals surface area contributed by atoms with Gasteiger partial charge in [0.1, 0.15) is 11.1 Å². The van der Waals surface area contributed by atoms with Crippen LogP contribution in [-0.2, 0) is 14.8 Å². The van der Waals surface area contributed by atoms with E-state index in [0.29, 0.717) is 31.4 Å². The van der Waals surface area contributed by atoms with Crippen molar-refractivity contribution in [2.45, 2.75) is 30.2 Å². The van der Waals surface area contributed by atoms with Gasteiger partial charge in [0.25, 0.3) is 11.6 Å². The van der Waals surface area contributed by atoms with E-state index in [0.717, 1.165) is 16.4 Å². The summed E-state index contributed by atoms with van der Waals surface area (Å²) in [7, 11) is -4.13. The van der Waals surface area contributed by atoms with Crippen LogP contribution in [-0.4, -0.2) is 55.1 Å². The van der Waals surface area contributed by atoms with Crippen molar-refractivity contribution in [3.05, 3.63) is 69.2 Å². The first-order valence-corrected chi connectivity index (χ1v) is 12.1. The number of sulfonamides is 1. The lowest BCUT2D eigenvalue weighted by Crippen LogP contribution is -2.46. The van der Waals surface area contributed by atoms with Gasteiger partial charge in [0.05, 0.1) is 9.82 Å². The van der Waals surface area contributed by atoms with Crippen LogP contribution in [0.15, 0.2) is 53.4 Å². The molecule has 1 saturated heterocycles. The number of benzene rings is 2. The van der Waals surface area contributed by atoms with Gasteiger partial charge >= 0.3 is 0 Å². The van der Waals surface area contributed by atoms with E-state index in [4.69, 9.17) is 11.6 Å². The number of hydrogen-bond acceptors (Lipinski definition) is 6. The first-order valence-electron chi connectivity index (χ1n) is 10.3. The smallest absolute Gasteiger partial charge is 0.289 e. The number of nitro groups is 1. The van der Waals surface area contributed by atoms with Gasteiger partial charge in [0.2, 0.25) is 15.9 Å². The van der Waals surface area contributed by atoms with Crippen molar-refractivity contribution < 1.29 is 22.9 Å². The van der Waals surface area contributed by atoms with Crippen LogP contribution in [0.4, 0.5) is 5.69 Å². The number of halogens is 1. The number of amides is 2. The normalized spacial score (nSPS) is 16.3. The molecule has 1 fully saturated rings. The molecule has 2 aromatic rings. The van der Waals surface area contributed by atoms with Crippen molar-refractivity contribution in [1.82, 2.24) is 14.9 Å². The maximum atomic E-state index is 13.1. The fourth-order valence-corrected chi connectivity index (χ4v) is 5.39. The van der Waals surface area contributed by atoms with Gasteiger partial charge in [-0.3, -0.25) is 19.7 Å². The summed E-state index contributed by atoms with van der Waals surface area (Å²) in [6.07, 6.45) is 1.29. The molecule has 0 radical (unpaired) electrons. The molecule has 10 nitrogen and oxygen atoms in total. The fraction of sp³-hybridized carbons (Fsp3) is 0.333. The lowest BCUT2D eigenvalue weighted by Gasteiger charge is -2.23. The Hall–Kier alpha value is -3.02. The van der Waals surface area contributed by atoms with Crippen molar-refractivity contribution in [2.75, 3.05) is 19.6 Å². The molecule has 12 heteroatoms. The van der Waals surface area contributed by atoms with Crippen LogP contribution in [0.3, 0.4) is 0 Å². The molecular formula is C21H23ClN4O6S. The molecule has 176 valence electrons. The van der Waals surface area contributed by atoms with Gasteiger partial charge < -0.3 is 10.6 Å². The molecule has 0 spiro atoms. The van der Waals surface area contributed by atoms with Gasteiger partial charge in [-0.1, -0.05) is 29.8 Å². The van der Waals surface area contributed by atoms with E-state index in [-0.39, 0.29) is 28.9 Å². The lowest BCUT2D eigenvalue weighted by molar-refractivity contribution is -0.384. The summed E-state index contributed by atoms with van der Waals surface area (Å²) >= 11 is 5.78. The molecular weight excluding hydrogens is 472 g/mol. The second-order valence-corrected chi connectivity index (χ2v) is 9.71. The van der Waals surface area contributed by atoms with Crippen LogP contribution in [0.25, 0.3) is 0 Å². The second kappa shape index (κ2) is 10.7. The molecule has 0 saturated carbocycles. The van der Waals surface area contributed by atoms with Crippen molar-refractivity contribution in [3.8, 4) is 0 Å². The van der Waals surface area contributed by atoms with Gasteiger partial charge in [-0.2, -0.15) is 4.31 Å². The van der Waals surface area contributed by atoms with E-state index in [1.54, 1.807) is 24.3 Å². The van der Waals surface area contributed by atoms with Crippen molar-refractivity contribution >= 4 is 39.1 Å². The number of nitrogens with zero attached hydrogens (tertiary/aromatic N) is 2. The molecule has 3 rings (SSSR count). The zero-order valence-electron chi connectivity index (χ0n) is 17.6. The molecule has 0 aromatic heterocycles. The van der Waals surface area contributed by atoms with Crippen LogP contribution in [0, 0.1) is 10.1 Å². The quantitative estimate of drug-likeness (QED) is 0.311. The predicted molar refractivity (Wildman–Crippen MR) is 121 cm³/mol. The molecule has 1 heterocycles. The fourth-order valence-electron chi connectivity index (χ4n) is 3.53. The highest BCUT2D eigenvalue weighted by Crippen LogP contribution is 2.31. The molecule has 33 heavy (non-hydrogen) atoms. The largest absolute Gasteiger partial charge is 0.355 e. The van der Waals surface area contributed by atoms with Crippen molar-refractivity contribution in [1.29, 1.82) is 0 Å². The molecule has 0 aliphatic carbocycles. The summed E-state index contributed by atoms with van der Waals surface area (Å²) in [6.45, 7) is 0.726. The van der Waals surface area contributed by atoms with Crippen LogP contribution in [0.1, 0.15) is 29.6 Å². The Morgan fingerprint density at radius 2 is 1.82 bits per heavy atom. The third kappa shape index (κ3) is 5.86. The lowest BCUT2D eigenvalue weighted by atomic mass is 10.2. The highest BCUT2D eigenvalue weighted by atomic mass is 35.5. The molecule has 0 bridgehead atoms. The summed E-state index contributed by atoms with van der Waals surface area (Å²) in [4.78, 5) is 34.7. The van der Waals surface area contributed by atoms with E-state index < -0.39 is 32.6 Å². The van der Waals surface area contributed by atoms with Gasteiger partial charge in [-0.05, 0) is 43.5 Å². The number of nitro benzene ring substituents is 1. The van der Waals surface area contributed by atoms with Crippen LogP contribution < -0.4 is 10.6 Å². The predicted octanol–water partition coefficient (Wildman–Crippen LogP) is 2.34. The number of hydrogen-bond donors (Lipinski definition) is 2. The number of carbonyl (C=O) groups excluding carboxylic acids is 2. The number of nitrogens with one attached hydrogen (secondary N) is 2. The Morgan fingerprint density at radius 1 is 1.12 bits per heavy atom. The van der Waals surface area contributed by atoms with E-state index in [1.807, 2.05) is 6.07 Å². The zero-order chi connectivity index (χ0) is 24.0. The van der Waals surface area contributed by atoms with E-state index in [9.17, 15) is 28.1 Å². The molecule has 2 N–H and O–H groups in total. The Morgan fingerprint density at radius 3 is 2.52 bits per heavy atom. The average molecular weight is 495 g/mol. The van der Waals surface area contributed by atoms with Crippen LogP contribution in [0.2, 0.25) is 5.02 Å². The van der Waals surface area contributed by atoms with Gasteiger partial charge in [-0.25, -0.2) is 8.42 Å². The molecule has 0 unspecified atom stereocenters. The first kappa shape index (κ1) is 24.6. The monoisotopic (exact) mass is 494 g/mol. The molecule has 1 atom stereocenters. The van der Waals surface area contributed by atoms with Crippen molar-refractivity contribution in [2.24, 2.45) is 0 Å². The number of rotatable bonds is 9. The van der Waals surface area contributed by atoms with E-state index in [1.165, 1.54) is 6.07 Å². The van der Waals surface area contributed by atoms with Gasteiger partial charge in [0.15, 0.2) is 0 Å². The number of carbonyl (C=O) groups is 2. The Bertz CT molecular complexity index is 1140. The van der Waals surface area contributed by atoms with Gasteiger partial charge in [-0.15, -0.1) is 0 Å². The Labute approximate surface area is 196 Å². The molecule has 2 aromatic carbocycles. The highest BCUT2D eigenvalue weighted by Gasteiger charge is 2.39. The van der Waals surface area contributed by atoms with E-state index >= 15 is 0 Å². The minimum atomic E-state index is -4.13. The summed E-state index contributed by atoms with van der Waals surface area (Å²) in [5, 5.41) is 16.4. The van der Waals surface area contributed by atoms with Crippen LogP contribution in [0.5, 0.6) is 0 Å². The standard InChI is InChI=1S/C21H23ClN4O6S/c22-17-10-9-16(14-19(17)26(29)30)33(31,32)25-13-4-8-18(25)21(28)24-12-5-11-23-20(27)15-6-2-1-3-7-15/h1-3,6-7,9-10,14,18H,4-5,8,11-13H2,(H,23,27)(H,24,28)/t18-/m1/s1. The zero-order valence-corrected chi connectivity index (χ0v) is 19.1. The minimum absolute atomic E-state index is 0.129. The van der Waals surface area contributed by atoms with Crippen LogP contribution >= 0.6 is 11.6 Å². The minimum Gasteiger partial charge on any atom is -0.355 e. The summed E-state index contributed by atoms with van der Waals surface area (Å²) < 4.78 is 27.2. The Balaban J connectivity index is 1.56. The SMILES string of the molecule is O=C(NCCCNC(=O)[C@H]1CCCN1S(=O)(=O)c1ccc(Cl)c([N+](=O)[O-])c1)c1ccccc1. The highest BCUT2D eigenvalue weighted by molar-refractivity contribution is 7.89. The third-order valence-corrected chi connectivity index (χ3v) is 7.43. The molecule has 2 amide bonds. The van der Waals surface area contributed by atoms with Gasteiger partial charge in [0, 0.05) is 31.3 Å². The summed E-state index contributed by atoms with van der Waals surface area (Å²) in [5.74, 6) is -0.666. The topological polar surface area (TPSA) is 139 Å². The third-order valence-electron chi connectivity index (χ3n) is 5.20. The maximum absolute atomic E-state index is 13.1. The average Bonchev–Trinajstić information content (AvgIpc) is 3.30. The molecule has 1 aliphatic rings.